The summed E-state index contributed by atoms with van der Waals surface area (Å²) in [6, 6.07) is 14.2. The van der Waals surface area contributed by atoms with E-state index in [2.05, 4.69) is 20.5 Å². The number of para-hydroxylation sites is 2. The van der Waals surface area contributed by atoms with Crippen LogP contribution in [0.15, 0.2) is 53.9 Å². The van der Waals surface area contributed by atoms with Crippen LogP contribution in [0.4, 0.5) is 21.3 Å². The maximum atomic E-state index is 12.8. The number of hydrogen-bond donors (Lipinski definition) is 2. The first-order chi connectivity index (χ1) is 16.9. The largest absolute Gasteiger partial charge is 0.495 e. The normalized spacial score (nSPS) is 13.3. The number of urea groups is 1. The van der Waals surface area contributed by atoms with Gasteiger partial charge in [-0.1, -0.05) is 12.1 Å². The zero-order chi connectivity index (χ0) is 24.8. The van der Waals surface area contributed by atoms with Crippen molar-refractivity contribution < 1.29 is 19.1 Å². The average molecular weight is 494 g/mol. The number of carbonyl (C=O) groups is 3. The molecule has 0 atom stereocenters. The van der Waals surface area contributed by atoms with E-state index in [1.807, 2.05) is 35.2 Å². The highest BCUT2D eigenvalue weighted by Crippen LogP contribution is 2.24. The molecule has 1 aliphatic heterocycles. The fraction of sp³-hybridized carbons (Fsp3) is 0.280. The van der Waals surface area contributed by atoms with Crippen LogP contribution >= 0.6 is 11.3 Å². The lowest BCUT2D eigenvalue weighted by atomic mass is 10.1. The molecule has 0 spiro atoms. The Hall–Kier alpha value is -3.92. The maximum Gasteiger partial charge on any atom is 0.325 e. The van der Waals surface area contributed by atoms with Crippen molar-refractivity contribution in [3.8, 4) is 5.75 Å². The number of thiazole rings is 1. The van der Waals surface area contributed by atoms with E-state index in [4.69, 9.17) is 4.74 Å². The summed E-state index contributed by atoms with van der Waals surface area (Å²) in [4.78, 5) is 45.0. The topological polar surface area (TPSA) is 104 Å². The minimum atomic E-state index is -0.436. The lowest BCUT2D eigenvalue weighted by molar-refractivity contribution is -0.130. The highest BCUT2D eigenvalue weighted by Gasteiger charge is 2.22. The first-order valence-electron chi connectivity index (χ1n) is 11.2. The number of ether oxygens (including phenoxy) is 1. The van der Waals surface area contributed by atoms with Gasteiger partial charge in [-0.05, 0) is 43.3 Å². The number of nitrogens with one attached hydrogen (secondary N) is 2. The van der Waals surface area contributed by atoms with Crippen molar-refractivity contribution >= 4 is 45.6 Å². The SMILES string of the molecule is COc1ccccc1NC(=O)Nc1nc(CC(=O)N2CCN(c3ccc(C(C)=O)cc3)CC2)cs1. The molecule has 10 heteroatoms. The van der Waals surface area contributed by atoms with Crippen molar-refractivity contribution in [1.82, 2.24) is 9.88 Å². The van der Waals surface area contributed by atoms with Gasteiger partial charge in [0, 0.05) is 42.8 Å². The Morgan fingerprint density at radius 1 is 1.00 bits per heavy atom. The number of nitrogens with zero attached hydrogens (tertiary/aromatic N) is 3. The van der Waals surface area contributed by atoms with E-state index in [1.54, 1.807) is 30.5 Å². The van der Waals surface area contributed by atoms with Crippen LogP contribution in [0.2, 0.25) is 0 Å². The van der Waals surface area contributed by atoms with E-state index >= 15 is 0 Å². The van der Waals surface area contributed by atoms with E-state index < -0.39 is 6.03 Å². The van der Waals surface area contributed by atoms with Crippen LogP contribution in [0, 0.1) is 0 Å². The lowest BCUT2D eigenvalue weighted by Crippen LogP contribution is -2.49. The summed E-state index contributed by atoms with van der Waals surface area (Å²) in [6.45, 7) is 4.22. The van der Waals surface area contributed by atoms with Gasteiger partial charge >= 0.3 is 6.03 Å². The summed E-state index contributed by atoms with van der Waals surface area (Å²) >= 11 is 1.27. The number of carbonyl (C=O) groups excluding carboxylic acids is 3. The molecule has 1 aliphatic rings. The molecular weight excluding hydrogens is 466 g/mol. The molecule has 0 saturated carbocycles. The van der Waals surface area contributed by atoms with E-state index in [0.29, 0.717) is 40.9 Å². The second-order valence-electron chi connectivity index (χ2n) is 8.07. The van der Waals surface area contributed by atoms with Crippen LogP contribution in [0.5, 0.6) is 5.75 Å². The molecule has 182 valence electrons. The predicted molar refractivity (Wildman–Crippen MR) is 137 cm³/mol. The van der Waals surface area contributed by atoms with Gasteiger partial charge in [-0.2, -0.15) is 0 Å². The van der Waals surface area contributed by atoms with Crippen LogP contribution in [0.25, 0.3) is 0 Å². The van der Waals surface area contributed by atoms with E-state index in [1.165, 1.54) is 18.4 Å². The van der Waals surface area contributed by atoms with Gasteiger partial charge in [0.2, 0.25) is 5.91 Å². The molecule has 1 saturated heterocycles. The quantitative estimate of drug-likeness (QED) is 0.484. The van der Waals surface area contributed by atoms with Crippen molar-refractivity contribution in [3.05, 3.63) is 65.2 Å². The van der Waals surface area contributed by atoms with Gasteiger partial charge in [0.05, 0.1) is 24.9 Å². The Bertz CT molecular complexity index is 1200. The first kappa shape index (κ1) is 24.2. The van der Waals surface area contributed by atoms with Gasteiger partial charge in [-0.3, -0.25) is 14.9 Å². The number of methoxy groups -OCH3 is 1. The van der Waals surface area contributed by atoms with Gasteiger partial charge in [0.15, 0.2) is 10.9 Å². The monoisotopic (exact) mass is 493 g/mol. The molecule has 3 aromatic rings. The van der Waals surface area contributed by atoms with Crippen molar-refractivity contribution in [1.29, 1.82) is 0 Å². The number of rotatable bonds is 7. The number of aromatic nitrogens is 1. The average Bonchev–Trinajstić information content (AvgIpc) is 3.30. The summed E-state index contributed by atoms with van der Waals surface area (Å²) in [5, 5.41) is 7.63. The molecule has 1 aromatic heterocycles. The van der Waals surface area contributed by atoms with Gasteiger partial charge in [0.1, 0.15) is 5.75 Å². The minimum Gasteiger partial charge on any atom is -0.495 e. The molecule has 0 aliphatic carbocycles. The molecule has 9 nitrogen and oxygen atoms in total. The molecule has 0 bridgehead atoms. The molecule has 2 heterocycles. The molecule has 2 N–H and O–H groups in total. The van der Waals surface area contributed by atoms with Gasteiger partial charge in [0.25, 0.3) is 0 Å². The highest BCUT2D eigenvalue weighted by atomic mass is 32.1. The van der Waals surface area contributed by atoms with Crippen molar-refractivity contribution in [2.45, 2.75) is 13.3 Å². The van der Waals surface area contributed by atoms with Crippen LogP contribution in [0.1, 0.15) is 23.0 Å². The third-order valence-corrected chi connectivity index (χ3v) is 6.54. The molecule has 4 rings (SSSR count). The van der Waals surface area contributed by atoms with Gasteiger partial charge in [-0.15, -0.1) is 11.3 Å². The van der Waals surface area contributed by atoms with Gasteiger partial charge < -0.3 is 19.9 Å². The Balaban J connectivity index is 1.26. The van der Waals surface area contributed by atoms with E-state index in [0.717, 1.165) is 18.8 Å². The molecular formula is C25H27N5O4S. The summed E-state index contributed by atoms with van der Waals surface area (Å²) in [5.74, 6) is 0.609. The molecule has 3 amide bonds. The Morgan fingerprint density at radius 2 is 1.71 bits per heavy atom. The Morgan fingerprint density at radius 3 is 2.40 bits per heavy atom. The van der Waals surface area contributed by atoms with Crippen LogP contribution in [-0.2, 0) is 11.2 Å². The number of hydrogen-bond acceptors (Lipinski definition) is 7. The van der Waals surface area contributed by atoms with Crippen molar-refractivity contribution in [3.63, 3.8) is 0 Å². The molecule has 1 fully saturated rings. The number of benzene rings is 2. The lowest BCUT2D eigenvalue weighted by Gasteiger charge is -2.36. The van der Waals surface area contributed by atoms with E-state index in [-0.39, 0.29) is 18.1 Å². The number of piperazine rings is 1. The second kappa shape index (κ2) is 11.0. The predicted octanol–water partition coefficient (Wildman–Crippen LogP) is 3.89. The highest BCUT2D eigenvalue weighted by molar-refractivity contribution is 7.14. The zero-order valence-corrected chi connectivity index (χ0v) is 20.4. The third kappa shape index (κ3) is 6.15. The summed E-state index contributed by atoms with van der Waals surface area (Å²) < 4.78 is 5.23. The Labute approximate surface area is 207 Å². The van der Waals surface area contributed by atoms with Crippen molar-refractivity contribution in [2.75, 3.05) is 48.8 Å². The molecule has 2 aromatic carbocycles. The molecule has 0 radical (unpaired) electrons. The molecule has 0 unspecified atom stereocenters. The van der Waals surface area contributed by atoms with Crippen LogP contribution < -0.4 is 20.3 Å². The van der Waals surface area contributed by atoms with Gasteiger partial charge in [-0.25, -0.2) is 9.78 Å². The fourth-order valence-corrected chi connectivity index (χ4v) is 4.54. The Kier molecular flexibility index (Phi) is 7.61. The smallest absolute Gasteiger partial charge is 0.325 e. The summed E-state index contributed by atoms with van der Waals surface area (Å²) in [5.41, 5.74) is 2.91. The second-order valence-corrected chi connectivity index (χ2v) is 8.93. The molecule has 35 heavy (non-hydrogen) atoms. The first-order valence-corrected chi connectivity index (χ1v) is 12.1. The number of ketones is 1. The number of anilines is 3. The third-order valence-electron chi connectivity index (χ3n) is 5.73. The fourth-order valence-electron chi connectivity index (χ4n) is 3.83. The maximum absolute atomic E-state index is 12.8. The number of Topliss-reactive ketones (excluding diaryl/α,β-unsaturated/α-hetero) is 1. The summed E-state index contributed by atoms with van der Waals surface area (Å²) in [7, 11) is 1.54. The standard InChI is InChI=1S/C25H27N5O4S/c1-17(31)18-7-9-20(10-8-18)29-11-13-30(14-12-29)23(32)15-19-16-35-25(26-19)28-24(33)27-21-5-3-4-6-22(21)34-2/h3-10,16H,11-15H2,1-2H3,(H2,26,27,28,33). The zero-order valence-electron chi connectivity index (χ0n) is 19.6. The van der Waals surface area contributed by atoms with Crippen LogP contribution in [-0.4, -0.2) is 60.9 Å². The van der Waals surface area contributed by atoms with Crippen LogP contribution in [0.3, 0.4) is 0 Å². The van der Waals surface area contributed by atoms with Crippen molar-refractivity contribution in [2.24, 2.45) is 0 Å². The minimum absolute atomic E-state index is 0.00639. The number of amides is 3. The van der Waals surface area contributed by atoms with E-state index in [9.17, 15) is 14.4 Å². The summed E-state index contributed by atoms with van der Waals surface area (Å²) in [6.07, 6.45) is 0.180.